The lowest BCUT2D eigenvalue weighted by Crippen LogP contribution is -2.50. The van der Waals surface area contributed by atoms with Gasteiger partial charge < -0.3 is 16.0 Å². The number of carbonyl (C=O) groups excluding carboxylic acids is 2. The number of nitrogens with one attached hydrogen (secondary N) is 3. The molecule has 18 heavy (non-hydrogen) atoms. The van der Waals surface area contributed by atoms with Crippen molar-refractivity contribution in [3.05, 3.63) is 23.9 Å². The minimum atomic E-state index is -0.433. The molecule has 6 nitrogen and oxygen atoms in total. The van der Waals surface area contributed by atoms with Crippen LogP contribution in [0, 0.1) is 0 Å². The lowest BCUT2D eigenvalue weighted by molar-refractivity contribution is -0.124. The molecule has 2 amide bonds. The van der Waals surface area contributed by atoms with Crippen LogP contribution in [0.2, 0.25) is 0 Å². The van der Waals surface area contributed by atoms with Gasteiger partial charge in [-0.25, -0.2) is 4.98 Å². The zero-order chi connectivity index (χ0) is 13.0. The second-order valence-corrected chi connectivity index (χ2v) is 4.14. The smallest absolute Gasteiger partial charge is 0.252 e. The first-order chi connectivity index (χ1) is 8.70. The van der Waals surface area contributed by atoms with Gasteiger partial charge in [-0.05, 0) is 25.0 Å². The van der Waals surface area contributed by atoms with Crippen LogP contribution in [0.1, 0.15) is 23.2 Å². The van der Waals surface area contributed by atoms with Crippen molar-refractivity contribution in [2.45, 2.75) is 18.9 Å². The predicted molar refractivity (Wildman–Crippen MR) is 67.3 cm³/mol. The molecule has 2 heterocycles. The van der Waals surface area contributed by atoms with Gasteiger partial charge in [0, 0.05) is 25.4 Å². The van der Waals surface area contributed by atoms with Crippen molar-refractivity contribution in [1.82, 2.24) is 15.6 Å². The summed E-state index contributed by atoms with van der Waals surface area (Å²) in [5, 5.41) is 8.33. The molecule has 1 aliphatic heterocycles. The summed E-state index contributed by atoms with van der Waals surface area (Å²) in [5.41, 5.74) is 0.493. The molecule has 2 rings (SSSR count). The molecule has 6 heteroatoms. The minimum absolute atomic E-state index is 0.113. The molecular weight excluding hydrogens is 232 g/mol. The maximum Gasteiger partial charge on any atom is 0.252 e. The molecule has 0 aliphatic carbocycles. The van der Waals surface area contributed by atoms with Gasteiger partial charge in [0.05, 0.1) is 0 Å². The lowest BCUT2D eigenvalue weighted by atomic mass is 10.1. The number of nitrogens with zero attached hydrogens (tertiary/aromatic N) is 1. The van der Waals surface area contributed by atoms with Crippen LogP contribution in [-0.2, 0) is 4.79 Å². The maximum absolute atomic E-state index is 12.0. The van der Waals surface area contributed by atoms with Gasteiger partial charge in [0.15, 0.2) is 0 Å². The van der Waals surface area contributed by atoms with E-state index in [-0.39, 0.29) is 11.8 Å². The second kappa shape index (κ2) is 5.48. The Morgan fingerprint density at radius 1 is 1.56 bits per heavy atom. The standard InChI is InChI=1S/C12H16N4O2/c1-13-10-7-8(4-6-14-10)11(17)16-9-3-2-5-15-12(9)18/h4,6-7,9H,2-3,5H2,1H3,(H,13,14)(H,15,18)(H,16,17). The van der Waals surface area contributed by atoms with Crippen molar-refractivity contribution in [1.29, 1.82) is 0 Å². The van der Waals surface area contributed by atoms with Crippen molar-refractivity contribution >= 4 is 17.6 Å². The molecule has 1 atom stereocenters. The highest BCUT2D eigenvalue weighted by Crippen LogP contribution is 2.08. The highest BCUT2D eigenvalue weighted by molar-refractivity contribution is 5.98. The van der Waals surface area contributed by atoms with Crippen LogP contribution in [-0.4, -0.2) is 36.4 Å². The van der Waals surface area contributed by atoms with Crippen LogP contribution < -0.4 is 16.0 Å². The Labute approximate surface area is 105 Å². The summed E-state index contributed by atoms with van der Waals surface area (Å²) in [6.07, 6.45) is 3.12. The number of hydrogen-bond donors (Lipinski definition) is 3. The summed E-state index contributed by atoms with van der Waals surface area (Å²) >= 11 is 0. The number of hydrogen-bond acceptors (Lipinski definition) is 4. The molecule has 1 saturated heterocycles. The molecule has 0 bridgehead atoms. The largest absolute Gasteiger partial charge is 0.373 e. The third kappa shape index (κ3) is 2.77. The molecule has 1 aliphatic rings. The van der Waals surface area contributed by atoms with Crippen molar-refractivity contribution in [2.24, 2.45) is 0 Å². The van der Waals surface area contributed by atoms with Gasteiger partial charge >= 0.3 is 0 Å². The Morgan fingerprint density at radius 3 is 3.11 bits per heavy atom. The van der Waals surface area contributed by atoms with Crippen LogP contribution in [0.4, 0.5) is 5.82 Å². The van der Waals surface area contributed by atoms with E-state index in [1.807, 2.05) is 0 Å². The van der Waals surface area contributed by atoms with Crippen LogP contribution in [0.3, 0.4) is 0 Å². The summed E-state index contributed by atoms with van der Waals surface area (Å²) in [4.78, 5) is 27.5. The van der Waals surface area contributed by atoms with E-state index in [1.165, 1.54) is 0 Å². The van der Waals surface area contributed by atoms with Crippen LogP contribution >= 0.6 is 0 Å². The van der Waals surface area contributed by atoms with Gasteiger partial charge in [-0.15, -0.1) is 0 Å². The third-order valence-corrected chi connectivity index (χ3v) is 2.87. The highest BCUT2D eigenvalue weighted by Gasteiger charge is 2.23. The fraction of sp³-hybridized carbons (Fsp3) is 0.417. The first kappa shape index (κ1) is 12.3. The molecule has 3 N–H and O–H groups in total. The van der Waals surface area contributed by atoms with E-state index < -0.39 is 6.04 Å². The van der Waals surface area contributed by atoms with Gasteiger partial charge in [-0.2, -0.15) is 0 Å². The Morgan fingerprint density at radius 2 is 2.39 bits per heavy atom. The Balaban J connectivity index is 2.04. The predicted octanol–water partition coefficient (Wildman–Crippen LogP) is 0.132. The number of amides is 2. The molecule has 96 valence electrons. The number of aromatic nitrogens is 1. The van der Waals surface area contributed by atoms with Crippen molar-refractivity contribution in [3.63, 3.8) is 0 Å². The number of carbonyl (C=O) groups is 2. The Kier molecular flexibility index (Phi) is 3.76. The van der Waals surface area contributed by atoms with E-state index >= 15 is 0 Å². The summed E-state index contributed by atoms with van der Waals surface area (Å²) < 4.78 is 0. The van der Waals surface area contributed by atoms with Gasteiger partial charge in [0.2, 0.25) is 5.91 Å². The Hall–Kier alpha value is -2.11. The van der Waals surface area contributed by atoms with Gasteiger partial charge in [-0.1, -0.05) is 0 Å². The van der Waals surface area contributed by atoms with E-state index in [4.69, 9.17) is 0 Å². The number of pyridine rings is 1. The van der Waals surface area contributed by atoms with Crippen molar-refractivity contribution in [2.75, 3.05) is 18.9 Å². The van der Waals surface area contributed by atoms with Crippen molar-refractivity contribution in [3.8, 4) is 0 Å². The number of piperidine rings is 1. The van der Waals surface area contributed by atoms with Crippen LogP contribution in [0.25, 0.3) is 0 Å². The molecule has 0 radical (unpaired) electrons. The molecule has 1 fully saturated rings. The second-order valence-electron chi connectivity index (χ2n) is 4.14. The van der Waals surface area contributed by atoms with E-state index in [1.54, 1.807) is 25.4 Å². The molecule has 1 aromatic rings. The summed E-state index contributed by atoms with van der Waals surface area (Å²) in [7, 11) is 1.73. The quantitative estimate of drug-likeness (QED) is 0.710. The fourth-order valence-electron chi connectivity index (χ4n) is 1.86. The molecule has 1 aromatic heterocycles. The SMILES string of the molecule is CNc1cc(C(=O)NC2CCCNC2=O)ccn1. The maximum atomic E-state index is 12.0. The number of anilines is 1. The highest BCUT2D eigenvalue weighted by atomic mass is 16.2. The van der Waals surface area contributed by atoms with Crippen LogP contribution in [0.5, 0.6) is 0 Å². The average Bonchev–Trinajstić information content (AvgIpc) is 2.41. The normalized spacial score (nSPS) is 18.9. The molecule has 0 aromatic carbocycles. The van der Waals surface area contributed by atoms with Crippen molar-refractivity contribution < 1.29 is 9.59 Å². The van der Waals surface area contributed by atoms with Crippen LogP contribution in [0.15, 0.2) is 18.3 Å². The minimum Gasteiger partial charge on any atom is -0.373 e. The number of rotatable bonds is 3. The average molecular weight is 248 g/mol. The van der Waals surface area contributed by atoms with Gasteiger partial charge in [-0.3, -0.25) is 9.59 Å². The summed E-state index contributed by atoms with van der Waals surface area (Å²) in [6, 6.07) is 2.84. The zero-order valence-electron chi connectivity index (χ0n) is 10.2. The van der Waals surface area contributed by atoms with E-state index in [2.05, 4.69) is 20.9 Å². The first-order valence-electron chi connectivity index (χ1n) is 5.93. The molecule has 0 spiro atoms. The Bertz CT molecular complexity index is 461. The topological polar surface area (TPSA) is 83.1 Å². The fourth-order valence-corrected chi connectivity index (χ4v) is 1.86. The summed E-state index contributed by atoms with van der Waals surface area (Å²) in [6.45, 7) is 0.685. The molecular formula is C12H16N4O2. The third-order valence-electron chi connectivity index (χ3n) is 2.87. The van der Waals surface area contributed by atoms with E-state index in [9.17, 15) is 9.59 Å². The lowest BCUT2D eigenvalue weighted by Gasteiger charge is -2.22. The molecule has 0 saturated carbocycles. The first-order valence-corrected chi connectivity index (χ1v) is 5.93. The van der Waals surface area contributed by atoms with E-state index in [0.29, 0.717) is 24.3 Å². The monoisotopic (exact) mass is 248 g/mol. The molecule has 1 unspecified atom stereocenters. The van der Waals surface area contributed by atoms with E-state index in [0.717, 1.165) is 6.42 Å². The van der Waals surface area contributed by atoms with Gasteiger partial charge in [0.1, 0.15) is 11.9 Å². The van der Waals surface area contributed by atoms with Gasteiger partial charge in [0.25, 0.3) is 5.91 Å². The zero-order valence-corrected chi connectivity index (χ0v) is 10.2. The summed E-state index contributed by atoms with van der Waals surface area (Å²) in [5.74, 6) is 0.254.